The Morgan fingerprint density at radius 2 is 0.567 bits per heavy atom. The molecule has 0 aromatic heterocycles. The molecule has 0 saturated carbocycles. The van der Waals surface area contributed by atoms with Crippen LogP contribution in [0.3, 0.4) is 0 Å². The zero-order valence-corrected chi connectivity index (χ0v) is 45.2. The van der Waals surface area contributed by atoms with Crippen molar-refractivity contribution in [3.8, 4) is 0 Å². The van der Waals surface area contributed by atoms with Crippen LogP contribution >= 0.6 is 0 Å². The van der Waals surface area contributed by atoms with Crippen LogP contribution in [0.25, 0.3) is 0 Å². The maximum atomic E-state index is 12.8. The van der Waals surface area contributed by atoms with Crippen molar-refractivity contribution in [2.75, 3.05) is 13.2 Å². The number of carbonyl (C=O) groups is 3. The van der Waals surface area contributed by atoms with E-state index in [0.717, 1.165) is 89.9 Å². The molecule has 0 rings (SSSR count). The molecule has 0 aromatic rings. The Hall–Kier alpha value is -2.11. The molecule has 0 radical (unpaired) electrons. The van der Waals surface area contributed by atoms with Crippen LogP contribution in [0.15, 0.2) is 24.3 Å². The summed E-state index contributed by atoms with van der Waals surface area (Å²) in [4.78, 5) is 37.9. The van der Waals surface area contributed by atoms with Crippen LogP contribution in [0.5, 0.6) is 0 Å². The SMILES string of the molecule is CCC/C=C\C/C=C\CCCCCCCC(=O)OC(COC(=O)CCCCCCCCCC)COC(=O)CCCCCCCCCCCCCCCCCCCCCCCCCCCCCC. The lowest BCUT2D eigenvalue weighted by atomic mass is 10.0. The first-order valence-electron chi connectivity index (χ1n) is 29.8. The predicted molar refractivity (Wildman–Crippen MR) is 289 cm³/mol. The molecular weight excluding hydrogens is 829 g/mol. The Morgan fingerprint density at radius 3 is 0.881 bits per heavy atom. The Kier molecular flexibility index (Phi) is 54.7. The van der Waals surface area contributed by atoms with Crippen molar-refractivity contribution >= 4 is 17.9 Å². The molecule has 0 heterocycles. The van der Waals surface area contributed by atoms with Crippen LogP contribution in [0.2, 0.25) is 0 Å². The molecule has 6 heteroatoms. The van der Waals surface area contributed by atoms with Gasteiger partial charge in [-0.3, -0.25) is 14.4 Å². The van der Waals surface area contributed by atoms with Crippen molar-refractivity contribution in [3.05, 3.63) is 24.3 Å². The third-order valence-electron chi connectivity index (χ3n) is 13.4. The molecule has 394 valence electrons. The van der Waals surface area contributed by atoms with Crippen molar-refractivity contribution in [1.29, 1.82) is 0 Å². The normalized spacial score (nSPS) is 12.1. The first-order valence-corrected chi connectivity index (χ1v) is 29.8. The van der Waals surface area contributed by atoms with Crippen molar-refractivity contribution in [1.82, 2.24) is 0 Å². The molecule has 0 amide bonds. The highest BCUT2D eigenvalue weighted by molar-refractivity contribution is 5.71. The number of unbranched alkanes of at least 4 members (excludes halogenated alkanes) is 40. The van der Waals surface area contributed by atoms with Crippen LogP contribution in [-0.4, -0.2) is 37.2 Å². The fraction of sp³-hybridized carbons (Fsp3) is 0.885. The molecule has 1 atom stereocenters. The van der Waals surface area contributed by atoms with Crippen molar-refractivity contribution in [2.45, 2.75) is 335 Å². The molecule has 0 aliphatic rings. The van der Waals surface area contributed by atoms with E-state index in [1.807, 2.05) is 0 Å². The van der Waals surface area contributed by atoms with Crippen LogP contribution < -0.4 is 0 Å². The van der Waals surface area contributed by atoms with E-state index >= 15 is 0 Å². The summed E-state index contributed by atoms with van der Waals surface area (Å²) >= 11 is 0. The number of carbonyl (C=O) groups excluding carboxylic acids is 3. The highest BCUT2D eigenvalue weighted by Crippen LogP contribution is 2.18. The number of allylic oxidation sites excluding steroid dienone is 4. The summed E-state index contributed by atoms with van der Waals surface area (Å²) in [6, 6.07) is 0. The first-order chi connectivity index (χ1) is 33.0. The van der Waals surface area contributed by atoms with Gasteiger partial charge in [-0.25, -0.2) is 0 Å². The minimum absolute atomic E-state index is 0.0724. The highest BCUT2D eigenvalue weighted by atomic mass is 16.6. The predicted octanol–water partition coefficient (Wildman–Crippen LogP) is 19.9. The quantitative estimate of drug-likeness (QED) is 0.0262. The zero-order valence-electron chi connectivity index (χ0n) is 45.2. The summed E-state index contributed by atoms with van der Waals surface area (Å²) in [6.07, 6.45) is 66.4. The summed E-state index contributed by atoms with van der Waals surface area (Å²) in [5, 5.41) is 0. The minimum Gasteiger partial charge on any atom is -0.462 e. The van der Waals surface area contributed by atoms with Gasteiger partial charge >= 0.3 is 17.9 Å². The Bertz CT molecular complexity index is 1080. The van der Waals surface area contributed by atoms with Gasteiger partial charge in [0.1, 0.15) is 13.2 Å². The topological polar surface area (TPSA) is 78.9 Å². The average Bonchev–Trinajstić information content (AvgIpc) is 3.33. The molecule has 0 N–H and O–H groups in total. The van der Waals surface area contributed by atoms with E-state index in [0.29, 0.717) is 19.3 Å². The second-order valence-corrected chi connectivity index (χ2v) is 20.3. The number of hydrogen-bond acceptors (Lipinski definition) is 6. The Labute approximate surface area is 417 Å². The van der Waals surface area contributed by atoms with E-state index in [1.54, 1.807) is 0 Å². The lowest BCUT2D eigenvalue weighted by molar-refractivity contribution is -0.167. The summed E-state index contributed by atoms with van der Waals surface area (Å²) in [6.45, 7) is 6.58. The molecule has 0 spiro atoms. The maximum absolute atomic E-state index is 12.8. The summed E-state index contributed by atoms with van der Waals surface area (Å²) in [5.41, 5.74) is 0. The van der Waals surface area contributed by atoms with Crippen LogP contribution in [0.4, 0.5) is 0 Å². The van der Waals surface area contributed by atoms with Gasteiger partial charge in [0, 0.05) is 19.3 Å². The summed E-state index contributed by atoms with van der Waals surface area (Å²) < 4.78 is 16.8. The Balaban J connectivity index is 4.03. The number of hydrogen-bond donors (Lipinski definition) is 0. The average molecular weight is 944 g/mol. The molecule has 0 aliphatic heterocycles. The molecule has 0 bridgehead atoms. The fourth-order valence-electron chi connectivity index (χ4n) is 8.95. The smallest absolute Gasteiger partial charge is 0.306 e. The van der Waals surface area contributed by atoms with Gasteiger partial charge in [-0.2, -0.15) is 0 Å². The van der Waals surface area contributed by atoms with Gasteiger partial charge in [-0.05, 0) is 44.9 Å². The summed E-state index contributed by atoms with van der Waals surface area (Å²) in [7, 11) is 0. The molecule has 0 aliphatic carbocycles. The maximum Gasteiger partial charge on any atom is 0.306 e. The molecule has 0 aromatic carbocycles. The van der Waals surface area contributed by atoms with Gasteiger partial charge in [0.15, 0.2) is 6.10 Å². The number of ether oxygens (including phenoxy) is 3. The van der Waals surface area contributed by atoms with E-state index in [9.17, 15) is 14.4 Å². The second-order valence-electron chi connectivity index (χ2n) is 20.3. The lowest BCUT2D eigenvalue weighted by Gasteiger charge is -2.18. The van der Waals surface area contributed by atoms with Gasteiger partial charge in [-0.15, -0.1) is 0 Å². The first kappa shape index (κ1) is 64.9. The zero-order chi connectivity index (χ0) is 48.6. The molecule has 67 heavy (non-hydrogen) atoms. The van der Waals surface area contributed by atoms with Crippen LogP contribution in [0, 0.1) is 0 Å². The number of rotatable bonds is 55. The van der Waals surface area contributed by atoms with Crippen LogP contribution in [0.1, 0.15) is 329 Å². The van der Waals surface area contributed by atoms with Gasteiger partial charge in [-0.1, -0.05) is 289 Å². The third-order valence-corrected chi connectivity index (χ3v) is 13.4. The highest BCUT2D eigenvalue weighted by Gasteiger charge is 2.19. The largest absolute Gasteiger partial charge is 0.462 e. The molecule has 6 nitrogen and oxygen atoms in total. The minimum atomic E-state index is -0.772. The van der Waals surface area contributed by atoms with Gasteiger partial charge < -0.3 is 14.2 Å². The van der Waals surface area contributed by atoms with E-state index in [-0.39, 0.29) is 31.1 Å². The van der Waals surface area contributed by atoms with Crippen LogP contribution in [-0.2, 0) is 28.6 Å². The standard InChI is InChI=1S/C61H114O6/c1-4-7-10-13-16-19-21-23-24-25-26-27-28-29-30-31-32-33-34-35-36-37-39-40-42-45-48-51-54-60(63)66-57-58(56-65-59(62)53-50-47-44-18-15-12-9-6-3)67-61(64)55-52-49-46-43-41-38-22-20-17-14-11-8-5-2/h11,14,20,22,58H,4-10,12-13,15-19,21,23-57H2,1-3H3/b14-11-,22-20-. The molecule has 0 fully saturated rings. The van der Waals surface area contributed by atoms with E-state index < -0.39 is 6.10 Å². The second kappa shape index (κ2) is 56.5. The lowest BCUT2D eigenvalue weighted by Crippen LogP contribution is -2.30. The molecule has 0 saturated heterocycles. The van der Waals surface area contributed by atoms with E-state index in [1.165, 1.54) is 199 Å². The van der Waals surface area contributed by atoms with E-state index in [2.05, 4.69) is 45.1 Å². The fourth-order valence-corrected chi connectivity index (χ4v) is 8.95. The Morgan fingerprint density at radius 1 is 0.299 bits per heavy atom. The van der Waals surface area contributed by atoms with Crippen molar-refractivity contribution < 1.29 is 28.6 Å². The summed E-state index contributed by atoms with van der Waals surface area (Å²) in [5.74, 6) is -0.874. The van der Waals surface area contributed by atoms with Gasteiger partial charge in [0.25, 0.3) is 0 Å². The van der Waals surface area contributed by atoms with E-state index in [4.69, 9.17) is 14.2 Å². The van der Waals surface area contributed by atoms with Gasteiger partial charge in [0.2, 0.25) is 0 Å². The number of esters is 3. The van der Waals surface area contributed by atoms with Crippen molar-refractivity contribution in [2.24, 2.45) is 0 Å². The van der Waals surface area contributed by atoms with Crippen molar-refractivity contribution in [3.63, 3.8) is 0 Å². The van der Waals surface area contributed by atoms with Gasteiger partial charge in [0.05, 0.1) is 0 Å². The third kappa shape index (κ3) is 54.7. The monoisotopic (exact) mass is 943 g/mol. The molecule has 1 unspecified atom stereocenters. The molecular formula is C61H114O6.